The van der Waals surface area contributed by atoms with Gasteiger partial charge in [0.25, 0.3) is 5.91 Å². The van der Waals surface area contributed by atoms with Crippen molar-refractivity contribution in [1.82, 2.24) is 14.7 Å². The minimum atomic E-state index is -0.0665. The lowest BCUT2D eigenvalue weighted by Crippen LogP contribution is -2.35. The van der Waals surface area contributed by atoms with Crippen LogP contribution in [0.15, 0.2) is 0 Å². The number of aromatic nitrogens is 2. The fourth-order valence-corrected chi connectivity index (χ4v) is 3.80. The van der Waals surface area contributed by atoms with Crippen molar-refractivity contribution in [3.05, 3.63) is 17.0 Å². The summed E-state index contributed by atoms with van der Waals surface area (Å²) in [6.45, 7) is 6.93. The molecule has 1 fully saturated rings. The van der Waals surface area contributed by atoms with Crippen LogP contribution in [-0.4, -0.2) is 53.5 Å². The smallest absolute Gasteiger partial charge is 0.272 e. The summed E-state index contributed by atoms with van der Waals surface area (Å²) < 4.78 is 13.0. The van der Waals surface area contributed by atoms with Gasteiger partial charge in [0.15, 0.2) is 0 Å². The van der Waals surface area contributed by atoms with E-state index >= 15 is 0 Å². The van der Waals surface area contributed by atoms with E-state index in [1.165, 1.54) is 12.8 Å². The second kappa shape index (κ2) is 7.66. The van der Waals surface area contributed by atoms with Gasteiger partial charge in [0.2, 0.25) is 0 Å². The Morgan fingerprint density at radius 2 is 1.96 bits per heavy atom. The molecule has 0 radical (unpaired) electrons. The zero-order chi connectivity index (χ0) is 17.1. The van der Waals surface area contributed by atoms with Crippen LogP contribution in [0, 0.1) is 0 Å². The third kappa shape index (κ3) is 3.49. The molecule has 1 aromatic heterocycles. The molecule has 6 heteroatoms. The Balaban J connectivity index is 1.95. The Morgan fingerprint density at radius 1 is 1.25 bits per heavy atom. The molecule has 24 heavy (non-hydrogen) atoms. The first kappa shape index (κ1) is 17.4. The average molecular weight is 335 g/mol. The molecule has 1 saturated heterocycles. The number of methoxy groups -OCH3 is 1. The molecule has 2 aliphatic rings. The van der Waals surface area contributed by atoms with Gasteiger partial charge in [0.05, 0.1) is 31.1 Å². The maximum Gasteiger partial charge on any atom is 0.272 e. The van der Waals surface area contributed by atoms with E-state index in [1.54, 1.807) is 7.11 Å². The first-order valence-corrected chi connectivity index (χ1v) is 9.15. The van der Waals surface area contributed by atoms with E-state index in [0.717, 1.165) is 49.3 Å². The van der Waals surface area contributed by atoms with Gasteiger partial charge >= 0.3 is 0 Å². The molecule has 134 valence electrons. The van der Waals surface area contributed by atoms with Crippen molar-refractivity contribution < 1.29 is 14.3 Å². The van der Waals surface area contributed by atoms with Crippen LogP contribution < -0.4 is 0 Å². The monoisotopic (exact) mass is 335 g/mol. The van der Waals surface area contributed by atoms with Crippen LogP contribution in [-0.2, 0) is 22.4 Å². The van der Waals surface area contributed by atoms with Gasteiger partial charge in [-0.25, -0.2) is 0 Å². The third-order valence-corrected chi connectivity index (χ3v) is 5.00. The number of carbonyl (C=O) groups is 1. The van der Waals surface area contributed by atoms with E-state index in [2.05, 4.69) is 6.92 Å². The molecular formula is C18H29N3O3. The average Bonchev–Trinajstić information content (AvgIpc) is 2.73. The standard InChI is InChI=1S/C18H29N3O3/c1-13-12-15-16(14(2)24-13)19-21(10-11-23-3)17(15)18(22)20-8-6-4-5-7-9-20/h13-14H,4-12H2,1-3H3/t13-,14+/m0/s1. The maximum absolute atomic E-state index is 13.3. The van der Waals surface area contributed by atoms with E-state index in [0.29, 0.717) is 13.2 Å². The van der Waals surface area contributed by atoms with Gasteiger partial charge in [-0.1, -0.05) is 12.8 Å². The summed E-state index contributed by atoms with van der Waals surface area (Å²) in [4.78, 5) is 15.3. The van der Waals surface area contributed by atoms with Crippen molar-refractivity contribution in [2.75, 3.05) is 26.8 Å². The van der Waals surface area contributed by atoms with E-state index in [1.807, 2.05) is 16.5 Å². The Hall–Kier alpha value is -1.40. The summed E-state index contributed by atoms with van der Waals surface area (Å²) in [5, 5.41) is 4.71. The molecule has 1 aromatic rings. The van der Waals surface area contributed by atoms with Crippen LogP contribution in [0.1, 0.15) is 67.4 Å². The maximum atomic E-state index is 13.3. The molecule has 0 aliphatic carbocycles. The van der Waals surface area contributed by atoms with Crippen LogP contribution in [0.25, 0.3) is 0 Å². The molecule has 0 spiro atoms. The molecule has 0 N–H and O–H groups in total. The van der Waals surface area contributed by atoms with Crippen molar-refractivity contribution in [3.8, 4) is 0 Å². The van der Waals surface area contributed by atoms with Gasteiger partial charge in [0, 0.05) is 32.2 Å². The fraction of sp³-hybridized carbons (Fsp3) is 0.778. The second-order valence-electron chi connectivity index (χ2n) is 6.93. The first-order valence-electron chi connectivity index (χ1n) is 9.15. The van der Waals surface area contributed by atoms with Gasteiger partial charge in [-0.3, -0.25) is 9.48 Å². The van der Waals surface area contributed by atoms with Gasteiger partial charge < -0.3 is 14.4 Å². The Bertz CT molecular complexity index is 576. The number of hydrogen-bond acceptors (Lipinski definition) is 4. The number of fused-ring (bicyclic) bond motifs is 1. The molecule has 0 saturated carbocycles. The zero-order valence-electron chi connectivity index (χ0n) is 15.1. The lowest BCUT2D eigenvalue weighted by Gasteiger charge is -2.26. The highest BCUT2D eigenvalue weighted by Crippen LogP contribution is 2.32. The van der Waals surface area contributed by atoms with E-state index in [-0.39, 0.29) is 18.1 Å². The van der Waals surface area contributed by atoms with Crippen LogP contribution in [0.3, 0.4) is 0 Å². The van der Waals surface area contributed by atoms with Crippen molar-refractivity contribution in [2.45, 2.75) is 64.7 Å². The second-order valence-corrected chi connectivity index (χ2v) is 6.93. The number of nitrogens with zero attached hydrogens (tertiary/aromatic N) is 3. The fourth-order valence-electron chi connectivity index (χ4n) is 3.80. The van der Waals surface area contributed by atoms with Gasteiger partial charge in [-0.15, -0.1) is 0 Å². The van der Waals surface area contributed by atoms with Crippen molar-refractivity contribution in [1.29, 1.82) is 0 Å². The van der Waals surface area contributed by atoms with Gasteiger partial charge in [-0.05, 0) is 26.7 Å². The largest absolute Gasteiger partial charge is 0.383 e. The van der Waals surface area contributed by atoms with Crippen LogP contribution in [0.5, 0.6) is 0 Å². The predicted octanol–water partition coefficient (Wildman–Crippen LogP) is 2.57. The minimum absolute atomic E-state index is 0.0665. The molecule has 2 atom stereocenters. The number of hydrogen-bond donors (Lipinski definition) is 0. The summed E-state index contributed by atoms with van der Waals surface area (Å²) in [6, 6.07) is 0. The Morgan fingerprint density at radius 3 is 2.62 bits per heavy atom. The lowest BCUT2D eigenvalue weighted by atomic mass is 9.99. The third-order valence-electron chi connectivity index (χ3n) is 5.00. The minimum Gasteiger partial charge on any atom is -0.383 e. The number of rotatable bonds is 4. The highest BCUT2D eigenvalue weighted by atomic mass is 16.5. The molecule has 0 bridgehead atoms. The summed E-state index contributed by atoms with van der Waals surface area (Å²) >= 11 is 0. The number of ether oxygens (including phenoxy) is 2. The zero-order valence-corrected chi connectivity index (χ0v) is 15.1. The predicted molar refractivity (Wildman–Crippen MR) is 91.1 cm³/mol. The van der Waals surface area contributed by atoms with Crippen LogP contribution in [0.2, 0.25) is 0 Å². The molecule has 6 nitrogen and oxygen atoms in total. The molecule has 0 unspecified atom stereocenters. The van der Waals surface area contributed by atoms with E-state index < -0.39 is 0 Å². The first-order chi connectivity index (χ1) is 11.6. The van der Waals surface area contributed by atoms with E-state index in [9.17, 15) is 4.79 Å². The molecule has 2 aliphatic heterocycles. The quantitative estimate of drug-likeness (QED) is 0.848. The molecule has 1 amide bonds. The van der Waals surface area contributed by atoms with Crippen molar-refractivity contribution in [3.63, 3.8) is 0 Å². The molecular weight excluding hydrogens is 306 g/mol. The number of carbonyl (C=O) groups excluding carboxylic acids is 1. The Kier molecular flexibility index (Phi) is 5.56. The van der Waals surface area contributed by atoms with Gasteiger partial charge in [-0.2, -0.15) is 5.10 Å². The molecule has 3 heterocycles. The highest BCUT2D eigenvalue weighted by Gasteiger charge is 2.33. The molecule has 0 aromatic carbocycles. The van der Waals surface area contributed by atoms with Crippen LogP contribution >= 0.6 is 0 Å². The highest BCUT2D eigenvalue weighted by molar-refractivity contribution is 5.94. The summed E-state index contributed by atoms with van der Waals surface area (Å²) in [7, 11) is 1.67. The lowest BCUT2D eigenvalue weighted by molar-refractivity contribution is -0.00720. The number of amides is 1. The molecule has 3 rings (SSSR count). The van der Waals surface area contributed by atoms with Crippen molar-refractivity contribution >= 4 is 5.91 Å². The summed E-state index contributed by atoms with van der Waals surface area (Å²) in [6.07, 6.45) is 5.42. The SMILES string of the molecule is COCCn1nc2c(c1C(=O)N1CCCCCC1)C[C@H](C)O[C@@H]2C. The van der Waals surface area contributed by atoms with Crippen molar-refractivity contribution in [2.24, 2.45) is 0 Å². The van der Waals surface area contributed by atoms with Gasteiger partial charge in [0.1, 0.15) is 5.69 Å². The van der Waals surface area contributed by atoms with E-state index in [4.69, 9.17) is 14.6 Å². The normalized spacial score (nSPS) is 24.5. The van der Waals surface area contributed by atoms with Crippen LogP contribution in [0.4, 0.5) is 0 Å². The summed E-state index contributed by atoms with van der Waals surface area (Å²) in [5.41, 5.74) is 2.75. The Labute approximate surface area is 144 Å². The summed E-state index contributed by atoms with van der Waals surface area (Å²) in [5.74, 6) is 0.128. The number of likely N-dealkylation sites (tertiary alicyclic amines) is 1. The topological polar surface area (TPSA) is 56.6 Å².